The topological polar surface area (TPSA) is 122 Å². The van der Waals surface area contributed by atoms with Crippen molar-refractivity contribution in [2.24, 2.45) is 0 Å². The van der Waals surface area contributed by atoms with Crippen LogP contribution in [-0.2, 0) is 10.0 Å². The maximum atomic E-state index is 12.7. The number of halogens is 1. The fourth-order valence-electron chi connectivity index (χ4n) is 2.69. The molecule has 3 rings (SSSR count). The third kappa shape index (κ3) is 5.14. The molecule has 3 N–H and O–H groups in total. The van der Waals surface area contributed by atoms with E-state index in [0.717, 1.165) is 6.07 Å². The van der Waals surface area contributed by atoms with Crippen LogP contribution in [0.3, 0.4) is 0 Å². The molecular formula is C21H17ClN2O6S. The number of amides is 1. The summed E-state index contributed by atoms with van der Waals surface area (Å²) in [5, 5.41) is 11.7. The number of anilines is 2. The number of carboxylic acid groups (broad SMARTS) is 1. The molecular weight excluding hydrogens is 444 g/mol. The van der Waals surface area contributed by atoms with E-state index in [4.69, 9.17) is 16.3 Å². The van der Waals surface area contributed by atoms with Crippen LogP contribution < -0.4 is 14.8 Å². The molecule has 3 aromatic rings. The van der Waals surface area contributed by atoms with Gasteiger partial charge in [-0.25, -0.2) is 13.2 Å². The van der Waals surface area contributed by atoms with Gasteiger partial charge in [0.2, 0.25) is 0 Å². The van der Waals surface area contributed by atoms with Crippen LogP contribution in [0.15, 0.2) is 71.6 Å². The van der Waals surface area contributed by atoms with E-state index in [1.54, 1.807) is 18.2 Å². The molecule has 160 valence electrons. The Balaban J connectivity index is 1.88. The zero-order chi connectivity index (χ0) is 22.6. The molecule has 0 aromatic heterocycles. The summed E-state index contributed by atoms with van der Waals surface area (Å²) in [5.41, 5.74) is 0.120. The van der Waals surface area contributed by atoms with Crippen molar-refractivity contribution < 1.29 is 27.9 Å². The molecule has 0 unspecified atom stereocenters. The van der Waals surface area contributed by atoms with Gasteiger partial charge in [-0.2, -0.15) is 0 Å². The first-order valence-corrected chi connectivity index (χ1v) is 10.7. The van der Waals surface area contributed by atoms with Crippen LogP contribution in [0.4, 0.5) is 11.4 Å². The van der Waals surface area contributed by atoms with Crippen molar-refractivity contribution in [2.75, 3.05) is 17.1 Å². The van der Waals surface area contributed by atoms with Gasteiger partial charge in [0.05, 0.1) is 33.8 Å². The normalized spacial score (nSPS) is 10.9. The summed E-state index contributed by atoms with van der Waals surface area (Å²) >= 11 is 6.10. The van der Waals surface area contributed by atoms with Gasteiger partial charge in [0, 0.05) is 5.69 Å². The van der Waals surface area contributed by atoms with E-state index in [1.165, 1.54) is 49.6 Å². The first-order chi connectivity index (χ1) is 14.7. The maximum absolute atomic E-state index is 12.7. The largest absolute Gasteiger partial charge is 0.497 e. The van der Waals surface area contributed by atoms with Crippen molar-refractivity contribution >= 4 is 44.9 Å². The standard InChI is InChI=1S/C21H17ClN2O6S/c1-30-14-8-6-13(7-9-14)24-31(28,29)15-10-11-18(22)17(12-15)20(25)23-19-5-3-2-4-16(19)21(26)27/h2-12,24H,1H3,(H,23,25)(H,26,27). The summed E-state index contributed by atoms with van der Waals surface area (Å²) in [4.78, 5) is 23.8. The van der Waals surface area contributed by atoms with E-state index in [2.05, 4.69) is 10.0 Å². The quantitative estimate of drug-likeness (QED) is 0.488. The highest BCUT2D eigenvalue weighted by Gasteiger charge is 2.20. The number of methoxy groups -OCH3 is 1. The molecule has 0 saturated heterocycles. The van der Waals surface area contributed by atoms with Crippen molar-refractivity contribution in [1.82, 2.24) is 0 Å². The monoisotopic (exact) mass is 460 g/mol. The summed E-state index contributed by atoms with van der Waals surface area (Å²) < 4.78 is 32.9. The number of hydrogen-bond acceptors (Lipinski definition) is 5. The van der Waals surface area contributed by atoms with Crippen molar-refractivity contribution in [3.63, 3.8) is 0 Å². The van der Waals surface area contributed by atoms with Crippen LogP contribution in [0.2, 0.25) is 5.02 Å². The minimum absolute atomic E-state index is 0.00806. The lowest BCUT2D eigenvalue weighted by Gasteiger charge is -2.12. The molecule has 0 fully saturated rings. The number of sulfonamides is 1. The van der Waals surface area contributed by atoms with E-state index in [0.29, 0.717) is 11.4 Å². The first kappa shape index (κ1) is 22.1. The van der Waals surface area contributed by atoms with Gasteiger partial charge in [0.25, 0.3) is 15.9 Å². The molecule has 1 amide bonds. The molecule has 3 aromatic carbocycles. The van der Waals surface area contributed by atoms with Crippen molar-refractivity contribution in [2.45, 2.75) is 4.90 Å². The number of carbonyl (C=O) groups is 2. The van der Waals surface area contributed by atoms with Crippen molar-refractivity contribution in [3.05, 3.63) is 82.9 Å². The highest BCUT2D eigenvalue weighted by atomic mass is 35.5. The molecule has 0 saturated carbocycles. The van der Waals surface area contributed by atoms with Crippen LogP contribution in [0.1, 0.15) is 20.7 Å². The number of aromatic carboxylic acids is 1. The predicted octanol–water partition coefficient (Wildman–Crippen LogP) is 4.10. The van der Waals surface area contributed by atoms with Gasteiger partial charge in [0.15, 0.2) is 0 Å². The first-order valence-electron chi connectivity index (χ1n) is 8.81. The second-order valence-electron chi connectivity index (χ2n) is 6.28. The Bertz CT molecular complexity index is 1240. The molecule has 0 atom stereocenters. The molecule has 0 aliphatic carbocycles. The number of ether oxygens (including phenoxy) is 1. The number of hydrogen-bond donors (Lipinski definition) is 3. The predicted molar refractivity (Wildman–Crippen MR) is 117 cm³/mol. The average molecular weight is 461 g/mol. The summed E-state index contributed by atoms with van der Waals surface area (Å²) in [6.45, 7) is 0. The average Bonchev–Trinajstić information content (AvgIpc) is 2.74. The number of rotatable bonds is 7. The lowest BCUT2D eigenvalue weighted by Crippen LogP contribution is -2.17. The van der Waals surface area contributed by atoms with Gasteiger partial charge in [-0.3, -0.25) is 9.52 Å². The third-order valence-electron chi connectivity index (χ3n) is 4.24. The number of nitrogens with one attached hydrogen (secondary N) is 2. The van der Waals surface area contributed by atoms with E-state index >= 15 is 0 Å². The molecule has 8 nitrogen and oxygen atoms in total. The van der Waals surface area contributed by atoms with Gasteiger partial charge in [-0.05, 0) is 54.6 Å². The van der Waals surface area contributed by atoms with Crippen LogP contribution in [0.25, 0.3) is 0 Å². The highest BCUT2D eigenvalue weighted by Crippen LogP contribution is 2.25. The van der Waals surface area contributed by atoms with Gasteiger partial charge in [-0.1, -0.05) is 23.7 Å². The molecule has 0 aliphatic heterocycles. The van der Waals surface area contributed by atoms with E-state index in [9.17, 15) is 23.1 Å². The zero-order valence-corrected chi connectivity index (χ0v) is 17.7. The minimum Gasteiger partial charge on any atom is -0.497 e. The molecule has 0 spiro atoms. The van der Waals surface area contributed by atoms with Crippen molar-refractivity contribution in [3.8, 4) is 5.75 Å². The molecule has 0 heterocycles. The summed E-state index contributed by atoms with van der Waals surface area (Å²) in [6.07, 6.45) is 0. The second kappa shape index (κ2) is 9.07. The minimum atomic E-state index is -4.02. The number of carbonyl (C=O) groups excluding carboxylic acids is 1. The SMILES string of the molecule is COc1ccc(NS(=O)(=O)c2ccc(Cl)c(C(=O)Nc3ccccc3C(=O)O)c2)cc1. The van der Waals surface area contributed by atoms with Crippen LogP contribution in [0, 0.1) is 0 Å². The lowest BCUT2D eigenvalue weighted by atomic mass is 10.1. The lowest BCUT2D eigenvalue weighted by molar-refractivity contribution is 0.0698. The zero-order valence-electron chi connectivity index (χ0n) is 16.1. The number of para-hydroxylation sites is 1. The Labute approximate surface area is 183 Å². The molecule has 10 heteroatoms. The Morgan fingerprint density at radius 1 is 0.968 bits per heavy atom. The van der Waals surface area contributed by atoms with Crippen LogP contribution in [0.5, 0.6) is 5.75 Å². The maximum Gasteiger partial charge on any atom is 0.337 e. The fraction of sp³-hybridized carbons (Fsp3) is 0.0476. The summed E-state index contributed by atoms with van der Waals surface area (Å²) in [5.74, 6) is -1.41. The van der Waals surface area contributed by atoms with Gasteiger partial charge >= 0.3 is 5.97 Å². The molecule has 0 bridgehead atoms. The fourth-order valence-corrected chi connectivity index (χ4v) is 3.97. The smallest absolute Gasteiger partial charge is 0.337 e. The molecule has 31 heavy (non-hydrogen) atoms. The summed E-state index contributed by atoms with van der Waals surface area (Å²) in [6, 6.07) is 15.7. The Morgan fingerprint density at radius 3 is 2.29 bits per heavy atom. The molecule has 0 aliphatic rings. The van der Waals surface area contributed by atoms with Crippen LogP contribution >= 0.6 is 11.6 Å². The van der Waals surface area contributed by atoms with E-state index in [1.807, 2.05) is 0 Å². The number of benzene rings is 3. The van der Waals surface area contributed by atoms with Crippen LogP contribution in [-0.4, -0.2) is 32.5 Å². The second-order valence-corrected chi connectivity index (χ2v) is 8.37. The highest BCUT2D eigenvalue weighted by molar-refractivity contribution is 7.92. The van der Waals surface area contributed by atoms with E-state index in [-0.39, 0.29) is 26.7 Å². The Hall–Kier alpha value is -3.56. The van der Waals surface area contributed by atoms with Crippen molar-refractivity contribution in [1.29, 1.82) is 0 Å². The van der Waals surface area contributed by atoms with Gasteiger partial charge in [-0.15, -0.1) is 0 Å². The molecule has 0 radical (unpaired) electrons. The summed E-state index contributed by atoms with van der Waals surface area (Å²) in [7, 11) is -2.53. The Kier molecular flexibility index (Phi) is 6.47. The Morgan fingerprint density at radius 2 is 1.65 bits per heavy atom. The number of carboxylic acids is 1. The van der Waals surface area contributed by atoms with E-state index < -0.39 is 21.9 Å². The van der Waals surface area contributed by atoms with Gasteiger partial charge in [0.1, 0.15) is 5.75 Å². The third-order valence-corrected chi connectivity index (χ3v) is 5.95. The van der Waals surface area contributed by atoms with Gasteiger partial charge < -0.3 is 15.2 Å².